The van der Waals surface area contributed by atoms with Crippen molar-refractivity contribution in [2.24, 2.45) is 7.05 Å². The van der Waals surface area contributed by atoms with E-state index in [1.54, 1.807) is 0 Å². The lowest BCUT2D eigenvalue weighted by Crippen LogP contribution is -2.30. The summed E-state index contributed by atoms with van der Waals surface area (Å²) in [5.74, 6) is 0. The summed E-state index contributed by atoms with van der Waals surface area (Å²) >= 11 is 0. The second-order valence-electron chi connectivity index (χ2n) is 5.27. The molecule has 0 fully saturated rings. The van der Waals surface area contributed by atoms with Crippen LogP contribution < -0.4 is 9.88 Å². The van der Waals surface area contributed by atoms with Crippen LogP contribution >= 0.6 is 0 Å². The maximum absolute atomic E-state index is 3.60. The lowest BCUT2D eigenvalue weighted by atomic mass is 10.1. The van der Waals surface area contributed by atoms with Gasteiger partial charge in [0.15, 0.2) is 0 Å². The van der Waals surface area contributed by atoms with Gasteiger partial charge in [0.2, 0.25) is 11.0 Å². The summed E-state index contributed by atoms with van der Waals surface area (Å²) in [7, 11) is 2.13. The van der Waals surface area contributed by atoms with Gasteiger partial charge in [-0.1, -0.05) is 24.3 Å². The Bertz CT molecular complexity index is 688. The predicted molar refractivity (Wildman–Crippen MR) is 81.4 cm³/mol. The molecule has 3 aromatic rings. The normalized spacial score (nSPS) is 11.4. The molecule has 0 spiro atoms. The van der Waals surface area contributed by atoms with Crippen molar-refractivity contribution in [3.05, 3.63) is 48.5 Å². The molecule has 1 heterocycles. The number of para-hydroxylation sites is 2. The molecule has 0 unspecified atom stereocenters. The van der Waals surface area contributed by atoms with Crippen LogP contribution in [0.2, 0.25) is 0 Å². The van der Waals surface area contributed by atoms with Crippen molar-refractivity contribution in [2.45, 2.75) is 19.9 Å². The summed E-state index contributed by atoms with van der Waals surface area (Å²) in [6.07, 6.45) is 0. The number of aromatic nitrogens is 1. The first-order chi connectivity index (χ1) is 9.18. The molecule has 0 atom stereocenters. The Balaban J connectivity index is 2.49. The molecule has 0 amide bonds. The molecule has 2 nitrogen and oxygen atoms in total. The first-order valence-corrected chi connectivity index (χ1v) is 6.74. The molecular formula is C17H19N2+. The minimum absolute atomic E-state index is 0.416. The molecule has 2 heteroatoms. The van der Waals surface area contributed by atoms with E-state index >= 15 is 0 Å². The molecule has 96 valence electrons. The fraction of sp³-hybridized carbons (Fsp3) is 0.235. The van der Waals surface area contributed by atoms with Crippen LogP contribution in [0.3, 0.4) is 0 Å². The molecule has 0 bridgehead atoms. The number of benzene rings is 2. The summed E-state index contributed by atoms with van der Waals surface area (Å²) in [6.45, 7) is 4.35. The van der Waals surface area contributed by atoms with Gasteiger partial charge in [-0.2, -0.15) is 4.57 Å². The summed E-state index contributed by atoms with van der Waals surface area (Å²) in [6, 6.07) is 17.5. The Morgan fingerprint density at radius 1 is 0.842 bits per heavy atom. The van der Waals surface area contributed by atoms with E-state index in [0.717, 1.165) is 0 Å². The summed E-state index contributed by atoms with van der Waals surface area (Å²) in [5.41, 5.74) is 3.74. The van der Waals surface area contributed by atoms with Gasteiger partial charge in [-0.3, -0.25) is 0 Å². The van der Waals surface area contributed by atoms with E-state index in [4.69, 9.17) is 0 Å². The molecule has 19 heavy (non-hydrogen) atoms. The Morgan fingerprint density at radius 2 is 1.32 bits per heavy atom. The highest BCUT2D eigenvalue weighted by molar-refractivity contribution is 6.04. The summed E-state index contributed by atoms with van der Waals surface area (Å²) in [5, 5.41) is 6.16. The van der Waals surface area contributed by atoms with Gasteiger partial charge in [-0.25, -0.2) is 0 Å². The number of fused-ring (bicyclic) bond motifs is 2. The predicted octanol–water partition coefficient (Wildman–Crippen LogP) is 3.64. The number of nitrogens with one attached hydrogen (secondary N) is 1. The van der Waals surface area contributed by atoms with Gasteiger partial charge >= 0.3 is 0 Å². The second kappa shape index (κ2) is 4.54. The number of anilines is 1. The van der Waals surface area contributed by atoms with Crippen LogP contribution in [-0.4, -0.2) is 6.04 Å². The Morgan fingerprint density at radius 3 is 1.79 bits per heavy atom. The number of hydrogen-bond donors (Lipinski definition) is 1. The number of aryl methyl sites for hydroxylation is 1. The molecule has 1 N–H and O–H groups in total. The summed E-state index contributed by atoms with van der Waals surface area (Å²) < 4.78 is 2.26. The zero-order chi connectivity index (χ0) is 13.4. The van der Waals surface area contributed by atoms with E-state index < -0.39 is 0 Å². The topological polar surface area (TPSA) is 15.9 Å². The molecular weight excluding hydrogens is 232 g/mol. The SMILES string of the molecule is CC(C)Nc1c2ccccc2[n+](C)c2ccccc12. The number of nitrogens with zero attached hydrogens (tertiary/aromatic N) is 1. The number of rotatable bonds is 2. The quantitative estimate of drug-likeness (QED) is 0.543. The third-order valence-corrected chi connectivity index (χ3v) is 3.50. The zero-order valence-corrected chi connectivity index (χ0v) is 11.6. The van der Waals surface area contributed by atoms with Crippen molar-refractivity contribution in [1.82, 2.24) is 0 Å². The van der Waals surface area contributed by atoms with E-state index in [-0.39, 0.29) is 0 Å². The van der Waals surface area contributed by atoms with Crippen molar-refractivity contribution in [1.29, 1.82) is 0 Å². The molecule has 0 radical (unpaired) electrons. The standard InChI is InChI=1S/C17H18N2/c1-12(2)18-17-13-8-4-6-10-15(13)19(3)16-11-7-5-9-14(16)17/h4-12H,1-3H3/p+1. The lowest BCUT2D eigenvalue weighted by Gasteiger charge is -2.14. The first-order valence-electron chi connectivity index (χ1n) is 6.74. The van der Waals surface area contributed by atoms with E-state index in [2.05, 4.69) is 79.3 Å². The molecule has 0 saturated heterocycles. The average Bonchev–Trinajstić information content (AvgIpc) is 2.43. The second-order valence-corrected chi connectivity index (χ2v) is 5.27. The van der Waals surface area contributed by atoms with Crippen LogP contribution in [0.1, 0.15) is 13.8 Å². The molecule has 0 aliphatic rings. The van der Waals surface area contributed by atoms with E-state index in [1.807, 2.05) is 0 Å². The van der Waals surface area contributed by atoms with E-state index in [9.17, 15) is 0 Å². The Hall–Kier alpha value is -2.09. The first kappa shape index (κ1) is 12.0. The molecule has 0 saturated carbocycles. The fourth-order valence-corrected chi connectivity index (χ4v) is 2.67. The fourth-order valence-electron chi connectivity index (χ4n) is 2.67. The third-order valence-electron chi connectivity index (χ3n) is 3.50. The van der Waals surface area contributed by atoms with Crippen molar-refractivity contribution < 1.29 is 4.57 Å². The van der Waals surface area contributed by atoms with Crippen molar-refractivity contribution in [3.8, 4) is 0 Å². The van der Waals surface area contributed by atoms with Gasteiger partial charge in [0.05, 0.1) is 16.5 Å². The van der Waals surface area contributed by atoms with Crippen molar-refractivity contribution in [3.63, 3.8) is 0 Å². The number of hydrogen-bond acceptors (Lipinski definition) is 1. The Labute approximate surface area is 113 Å². The zero-order valence-electron chi connectivity index (χ0n) is 11.6. The third kappa shape index (κ3) is 1.93. The maximum atomic E-state index is 3.60. The largest absolute Gasteiger partial charge is 0.381 e. The van der Waals surface area contributed by atoms with Gasteiger partial charge in [-0.05, 0) is 26.0 Å². The molecule has 1 aromatic heterocycles. The van der Waals surface area contributed by atoms with Crippen LogP contribution in [0.15, 0.2) is 48.5 Å². The van der Waals surface area contributed by atoms with Crippen molar-refractivity contribution >= 4 is 27.5 Å². The molecule has 3 rings (SSSR count). The van der Waals surface area contributed by atoms with Gasteiger partial charge in [-0.15, -0.1) is 0 Å². The highest BCUT2D eigenvalue weighted by atomic mass is 15.0. The van der Waals surface area contributed by atoms with Gasteiger partial charge in [0.25, 0.3) is 0 Å². The highest BCUT2D eigenvalue weighted by Gasteiger charge is 2.17. The monoisotopic (exact) mass is 251 g/mol. The molecule has 0 aliphatic carbocycles. The van der Waals surface area contributed by atoms with Gasteiger partial charge < -0.3 is 5.32 Å². The minimum atomic E-state index is 0.416. The summed E-state index contributed by atoms with van der Waals surface area (Å²) in [4.78, 5) is 0. The Kier molecular flexibility index (Phi) is 2.86. The lowest BCUT2D eigenvalue weighted by molar-refractivity contribution is -0.617. The average molecular weight is 251 g/mol. The minimum Gasteiger partial charge on any atom is -0.381 e. The smallest absolute Gasteiger partial charge is 0.214 e. The van der Waals surface area contributed by atoms with Crippen LogP contribution in [0.25, 0.3) is 21.8 Å². The maximum Gasteiger partial charge on any atom is 0.214 e. The van der Waals surface area contributed by atoms with Crippen LogP contribution in [0, 0.1) is 0 Å². The van der Waals surface area contributed by atoms with E-state index in [0.29, 0.717) is 6.04 Å². The van der Waals surface area contributed by atoms with Crippen LogP contribution in [-0.2, 0) is 7.05 Å². The number of pyridine rings is 1. The van der Waals surface area contributed by atoms with Gasteiger partial charge in [0.1, 0.15) is 7.05 Å². The van der Waals surface area contributed by atoms with Gasteiger partial charge in [0, 0.05) is 18.2 Å². The van der Waals surface area contributed by atoms with Crippen LogP contribution in [0.5, 0.6) is 0 Å². The molecule has 2 aromatic carbocycles. The van der Waals surface area contributed by atoms with Crippen LogP contribution in [0.4, 0.5) is 5.69 Å². The highest BCUT2D eigenvalue weighted by Crippen LogP contribution is 2.29. The molecule has 0 aliphatic heterocycles. The van der Waals surface area contributed by atoms with Crippen molar-refractivity contribution in [2.75, 3.05) is 5.32 Å². The van der Waals surface area contributed by atoms with E-state index in [1.165, 1.54) is 27.5 Å².